The lowest BCUT2D eigenvalue weighted by Gasteiger charge is -2.23. The first-order valence-electron chi connectivity index (χ1n) is 11.1. The maximum Gasteiger partial charge on any atom is 0.227 e. The zero-order valence-corrected chi connectivity index (χ0v) is 18.6. The third-order valence-corrected chi connectivity index (χ3v) is 5.59. The highest BCUT2D eigenvalue weighted by molar-refractivity contribution is 5.85. The zero-order chi connectivity index (χ0) is 22.3. The quantitative estimate of drug-likeness (QED) is 0.395. The van der Waals surface area contributed by atoms with Crippen molar-refractivity contribution >= 4 is 22.9 Å². The largest absolute Gasteiger partial charge is 0.394 e. The molecule has 0 fully saturated rings. The number of benzene rings is 2. The summed E-state index contributed by atoms with van der Waals surface area (Å²) in [5.41, 5.74) is 3.95. The molecular formula is C25H30N6O. The summed E-state index contributed by atoms with van der Waals surface area (Å²) >= 11 is 0. The van der Waals surface area contributed by atoms with Gasteiger partial charge in [0.25, 0.3) is 0 Å². The highest BCUT2D eigenvalue weighted by atomic mass is 16.3. The lowest BCUT2D eigenvalue weighted by Crippen LogP contribution is -2.27. The van der Waals surface area contributed by atoms with Gasteiger partial charge in [-0.1, -0.05) is 67.6 Å². The van der Waals surface area contributed by atoms with E-state index >= 15 is 0 Å². The molecule has 2 N–H and O–H groups in total. The number of hydrogen-bond acceptors (Lipinski definition) is 6. The van der Waals surface area contributed by atoms with Crippen LogP contribution in [0.1, 0.15) is 31.4 Å². The van der Waals surface area contributed by atoms with Crippen molar-refractivity contribution in [2.45, 2.75) is 39.4 Å². The van der Waals surface area contributed by atoms with E-state index in [0.29, 0.717) is 12.5 Å². The van der Waals surface area contributed by atoms with Gasteiger partial charge in [0.05, 0.1) is 25.5 Å². The second-order valence-corrected chi connectivity index (χ2v) is 7.83. The Bertz CT molecular complexity index is 1130. The third-order valence-electron chi connectivity index (χ3n) is 5.59. The molecule has 4 rings (SSSR count). The van der Waals surface area contributed by atoms with Gasteiger partial charge >= 0.3 is 0 Å². The summed E-state index contributed by atoms with van der Waals surface area (Å²) in [5.74, 6) is 1.30. The summed E-state index contributed by atoms with van der Waals surface area (Å²) in [4.78, 5) is 16.6. The number of aliphatic hydroxyl groups excluding tert-OH is 1. The van der Waals surface area contributed by atoms with Crippen LogP contribution in [0.25, 0.3) is 11.2 Å². The van der Waals surface area contributed by atoms with Gasteiger partial charge in [-0.15, -0.1) is 0 Å². The number of anilines is 2. The maximum atomic E-state index is 9.68. The Balaban J connectivity index is 1.77. The molecule has 0 unspecified atom stereocenters. The summed E-state index contributed by atoms with van der Waals surface area (Å²) in [6.07, 6.45) is 2.61. The van der Waals surface area contributed by atoms with Crippen LogP contribution in [0, 0.1) is 0 Å². The molecule has 7 nitrogen and oxygen atoms in total. The van der Waals surface area contributed by atoms with E-state index in [4.69, 9.17) is 15.0 Å². The number of imidazole rings is 1. The molecule has 0 bridgehead atoms. The van der Waals surface area contributed by atoms with E-state index in [9.17, 15) is 5.11 Å². The van der Waals surface area contributed by atoms with Gasteiger partial charge in [0.2, 0.25) is 5.95 Å². The normalized spacial score (nSPS) is 12.1. The van der Waals surface area contributed by atoms with Crippen LogP contribution in [0.3, 0.4) is 0 Å². The second kappa shape index (κ2) is 10.2. The molecule has 4 aromatic rings. The second-order valence-electron chi connectivity index (χ2n) is 7.83. The Morgan fingerprint density at radius 2 is 1.66 bits per heavy atom. The number of fused-ring (bicyclic) bond motifs is 1. The van der Waals surface area contributed by atoms with Crippen molar-refractivity contribution in [3.63, 3.8) is 0 Å². The van der Waals surface area contributed by atoms with E-state index in [-0.39, 0.29) is 12.6 Å². The molecule has 32 heavy (non-hydrogen) atoms. The molecule has 2 aromatic heterocycles. The van der Waals surface area contributed by atoms with Crippen molar-refractivity contribution in [3.8, 4) is 0 Å². The number of rotatable bonds is 10. The van der Waals surface area contributed by atoms with Crippen molar-refractivity contribution in [2.75, 3.05) is 23.4 Å². The monoisotopic (exact) mass is 430 g/mol. The molecule has 7 heteroatoms. The van der Waals surface area contributed by atoms with E-state index < -0.39 is 0 Å². The molecule has 2 aromatic carbocycles. The van der Waals surface area contributed by atoms with Crippen LogP contribution in [-0.2, 0) is 13.1 Å². The Morgan fingerprint density at radius 1 is 0.969 bits per heavy atom. The SMILES string of the molecule is CC[C@H](CO)Nc1nc(N(CC)Cc2ccccc2)c2ncn(Cc3ccccc3)c2n1. The minimum atomic E-state index is -0.102. The molecular weight excluding hydrogens is 400 g/mol. The first-order valence-corrected chi connectivity index (χ1v) is 11.1. The Morgan fingerprint density at radius 3 is 2.28 bits per heavy atom. The number of nitrogens with one attached hydrogen (secondary N) is 1. The number of aromatic nitrogens is 4. The molecule has 166 valence electrons. The molecule has 2 heterocycles. The first kappa shape index (κ1) is 21.8. The summed E-state index contributed by atoms with van der Waals surface area (Å²) in [6.45, 7) is 6.36. The van der Waals surface area contributed by atoms with Crippen molar-refractivity contribution in [1.29, 1.82) is 0 Å². The molecule has 0 saturated heterocycles. The van der Waals surface area contributed by atoms with Crippen LogP contribution in [0.15, 0.2) is 67.0 Å². The zero-order valence-electron chi connectivity index (χ0n) is 18.6. The molecule has 0 aliphatic heterocycles. The van der Waals surface area contributed by atoms with Crippen LogP contribution >= 0.6 is 0 Å². The van der Waals surface area contributed by atoms with Gasteiger partial charge in [-0.25, -0.2) is 4.98 Å². The predicted octanol–water partition coefficient (Wildman–Crippen LogP) is 4.08. The van der Waals surface area contributed by atoms with Crippen molar-refractivity contribution in [1.82, 2.24) is 19.5 Å². The lowest BCUT2D eigenvalue weighted by atomic mass is 10.2. The summed E-state index contributed by atoms with van der Waals surface area (Å²) in [5, 5.41) is 13.0. The van der Waals surface area contributed by atoms with Gasteiger partial charge in [-0.05, 0) is 24.5 Å². The van der Waals surface area contributed by atoms with Crippen LogP contribution in [-0.4, -0.2) is 43.8 Å². The van der Waals surface area contributed by atoms with E-state index in [1.165, 1.54) is 11.1 Å². The average Bonchev–Trinajstić information content (AvgIpc) is 3.24. The fourth-order valence-corrected chi connectivity index (χ4v) is 3.71. The summed E-state index contributed by atoms with van der Waals surface area (Å²) in [6, 6.07) is 20.5. The third kappa shape index (κ3) is 4.89. The van der Waals surface area contributed by atoms with Gasteiger partial charge in [0.15, 0.2) is 17.0 Å². The minimum Gasteiger partial charge on any atom is -0.394 e. The highest BCUT2D eigenvalue weighted by Gasteiger charge is 2.19. The van der Waals surface area contributed by atoms with E-state index in [1.807, 2.05) is 49.6 Å². The molecule has 0 amide bonds. The van der Waals surface area contributed by atoms with Gasteiger partial charge in [-0.3, -0.25) is 0 Å². The van der Waals surface area contributed by atoms with Crippen molar-refractivity contribution < 1.29 is 5.11 Å². The van der Waals surface area contributed by atoms with Crippen LogP contribution in [0.4, 0.5) is 11.8 Å². The summed E-state index contributed by atoms with van der Waals surface area (Å²) < 4.78 is 2.05. The summed E-state index contributed by atoms with van der Waals surface area (Å²) in [7, 11) is 0. The van der Waals surface area contributed by atoms with Gasteiger partial charge < -0.3 is 19.9 Å². The average molecular weight is 431 g/mol. The van der Waals surface area contributed by atoms with E-state index in [2.05, 4.69) is 46.0 Å². The number of aliphatic hydroxyl groups is 1. The maximum absolute atomic E-state index is 9.68. The van der Waals surface area contributed by atoms with Gasteiger partial charge in [-0.2, -0.15) is 9.97 Å². The minimum absolute atomic E-state index is 0.0258. The van der Waals surface area contributed by atoms with Gasteiger partial charge in [0.1, 0.15) is 0 Å². The molecule has 0 saturated carbocycles. The standard InChI is InChI=1S/C25H30N6O/c1-3-21(17-32)27-25-28-23(30(4-2)15-19-11-7-5-8-12-19)22-24(29-25)31(18-26-22)16-20-13-9-6-10-14-20/h5-14,18,21,32H,3-4,15-17H2,1-2H3,(H,27,28,29)/t21-/m1/s1. The first-order chi connectivity index (χ1) is 15.7. The van der Waals surface area contributed by atoms with E-state index in [0.717, 1.165) is 36.5 Å². The molecule has 1 atom stereocenters. The van der Waals surface area contributed by atoms with Crippen molar-refractivity contribution in [3.05, 3.63) is 78.1 Å². The predicted molar refractivity (Wildman–Crippen MR) is 129 cm³/mol. The van der Waals surface area contributed by atoms with Crippen LogP contribution in [0.5, 0.6) is 0 Å². The fourth-order valence-electron chi connectivity index (χ4n) is 3.71. The van der Waals surface area contributed by atoms with E-state index in [1.54, 1.807) is 0 Å². The van der Waals surface area contributed by atoms with Crippen molar-refractivity contribution in [2.24, 2.45) is 0 Å². The fraction of sp³-hybridized carbons (Fsp3) is 0.320. The molecule has 0 aliphatic rings. The molecule has 0 radical (unpaired) electrons. The highest BCUT2D eigenvalue weighted by Crippen LogP contribution is 2.26. The number of nitrogens with zero attached hydrogens (tertiary/aromatic N) is 5. The number of hydrogen-bond donors (Lipinski definition) is 2. The topological polar surface area (TPSA) is 79.1 Å². The molecule has 0 spiro atoms. The van der Waals surface area contributed by atoms with Gasteiger partial charge in [0, 0.05) is 13.1 Å². The van der Waals surface area contributed by atoms with Crippen LogP contribution in [0.2, 0.25) is 0 Å². The Hall–Kier alpha value is -3.45. The Kier molecular flexibility index (Phi) is 6.97. The Labute approximate surface area is 188 Å². The lowest BCUT2D eigenvalue weighted by molar-refractivity contribution is 0.271. The smallest absolute Gasteiger partial charge is 0.227 e. The van der Waals surface area contributed by atoms with Crippen LogP contribution < -0.4 is 10.2 Å². The molecule has 0 aliphatic carbocycles.